The Labute approximate surface area is 114 Å². The lowest BCUT2D eigenvalue weighted by molar-refractivity contribution is 0.111. The Morgan fingerprint density at radius 2 is 2.00 bits per heavy atom. The van der Waals surface area contributed by atoms with Crippen molar-refractivity contribution in [2.75, 3.05) is 0 Å². The van der Waals surface area contributed by atoms with Gasteiger partial charge in [-0.05, 0) is 6.07 Å². The number of carbonyl (C=O) groups excluding carboxylic acids is 1. The Balaban J connectivity index is 2.34. The molecule has 0 atom stereocenters. The van der Waals surface area contributed by atoms with Gasteiger partial charge >= 0.3 is 0 Å². The van der Waals surface area contributed by atoms with Crippen molar-refractivity contribution in [2.24, 2.45) is 0 Å². The first-order valence-corrected chi connectivity index (χ1v) is 6.17. The van der Waals surface area contributed by atoms with E-state index in [0.717, 1.165) is 11.7 Å². The maximum Gasteiger partial charge on any atom is 0.171 e. The third kappa shape index (κ3) is 1.67. The molecule has 9 heteroatoms. The SMILES string of the molecule is O=Cc1cn(-c2c(Cl)cc(Cl)c3nsnc23)nn1. The molecular weight excluding hydrogens is 297 g/mol. The van der Waals surface area contributed by atoms with Crippen molar-refractivity contribution in [2.45, 2.75) is 0 Å². The van der Waals surface area contributed by atoms with Gasteiger partial charge in [0, 0.05) is 0 Å². The van der Waals surface area contributed by atoms with Crippen LogP contribution in [0.1, 0.15) is 10.5 Å². The van der Waals surface area contributed by atoms with Crippen LogP contribution in [-0.2, 0) is 0 Å². The van der Waals surface area contributed by atoms with Gasteiger partial charge in [-0.3, -0.25) is 4.79 Å². The van der Waals surface area contributed by atoms with Gasteiger partial charge in [-0.1, -0.05) is 28.4 Å². The van der Waals surface area contributed by atoms with Crippen LogP contribution in [0.2, 0.25) is 10.0 Å². The number of halogens is 2. The van der Waals surface area contributed by atoms with Crippen LogP contribution in [0.5, 0.6) is 0 Å². The van der Waals surface area contributed by atoms with E-state index in [1.165, 1.54) is 10.9 Å². The molecule has 0 spiro atoms. The van der Waals surface area contributed by atoms with E-state index in [4.69, 9.17) is 23.2 Å². The first-order chi connectivity index (χ1) is 8.70. The molecule has 3 rings (SSSR count). The summed E-state index contributed by atoms with van der Waals surface area (Å²) in [5.74, 6) is 0. The molecule has 2 heterocycles. The molecule has 3 aromatic rings. The second-order valence-corrected chi connectivity index (χ2v) is 4.70. The van der Waals surface area contributed by atoms with Crippen molar-refractivity contribution >= 4 is 52.2 Å². The normalized spacial score (nSPS) is 11.0. The Kier molecular flexibility index (Phi) is 2.73. The molecule has 0 aliphatic heterocycles. The van der Waals surface area contributed by atoms with Crippen molar-refractivity contribution in [3.63, 3.8) is 0 Å². The van der Waals surface area contributed by atoms with Crippen LogP contribution in [0.4, 0.5) is 0 Å². The van der Waals surface area contributed by atoms with Crippen LogP contribution < -0.4 is 0 Å². The predicted octanol–water partition coefficient (Wildman–Crippen LogP) is 2.39. The molecule has 0 saturated heterocycles. The quantitative estimate of drug-likeness (QED) is 0.679. The van der Waals surface area contributed by atoms with Gasteiger partial charge in [-0.15, -0.1) is 5.10 Å². The van der Waals surface area contributed by atoms with Crippen LogP contribution >= 0.6 is 34.9 Å². The van der Waals surface area contributed by atoms with Gasteiger partial charge in [0.05, 0.1) is 28.0 Å². The maximum atomic E-state index is 10.6. The average molecular weight is 300 g/mol. The molecule has 90 valence electrons. The summed E-state index contributed by atoms with van der Waals surface area (Å²) in [6.07, 6.45) is 2.06. The number of rotatable bonds is 2. The van der Waals surface area contributed by atoms with E-state index in [9.17, 15) is 4.79 Å². The molecule has 0 saturated carbocycles. The van der Waals surface area contributed by atoms with E-state index in [1.807, 2.05) is 0 Å². The summed E-state index contributed by atoms with van der Waals surface area (Å²) in [6, 6.07) is 1.56. The minimum absolute atomic E-state index is 0.206. The molecular formula is C9H3Cl2N5OS. The van der Waals surface area contributed by atoms with Gasteiger partial charge in [0.25, 0.3) is 0 Å². The van der Waals surface area contributed by atoms with Gasteiger partial charge in [0.2, 0.25) is 0 Å². The van der Waals surface area contributed by atoms with E-state index < -0.39 is 0 Å². The monoisotopic (exact) mass is 299 g/mol. The van der Waals surface area contributed by atoms with Gasteiger partial charge < -0.3 is 0 Å². The molecule has 6 nitrogen and oxygen atoms in total. The number of hydrogen-bond donors (Lipinski definition) is 0. The smallest absolute Gasteiger partial charge is 0.171 e. The van der Waals surface area contributed by atoms with Crippen LogP contribution in [0.3, 0.4) is 0 Å². The first kappa shape index (κ1) is 11.5. The highest BCUT2D eigenvalue weighted by molar-refractivity contribution is 7.00. The number of nitrogens with zero attached hydrogens (tertiary/aromatic N) is 5. The zero-order chi connectivity index (χ0) is 12.7. The van der Waals surface area contributed by atoms with Crippen molar-refractivity contribution in [1.82, 2.24) is 23.7 Å². The molecule has 0 amide bonds. The summed E-state index contributed by atoms with van der Waals surface area (Å²) in [4.78, 5) is 10.6. The fourth-order valence-corrected chi connectivity index (χ4v) is 2.71. The highest BCUT2D eigenvalue weighted by Crippen LogP contribution is 2.33. The zero-order valence-corrected chi connectivity index (χ0v) is 10.9. The number of aldehydes is 1. The maximum absolute atomic E-state index is 10.6. The number of carbonyl (C=O) groups is 1. The number of fused-ring (bicyclic) bond motifs is 1. The average Bonchev–Trinajstić information content (AvgIpc) is 2.97. The molecule has 18 heavy (non-hydrogen) atoms. The van der Waals surface area contributed by atoms with Gasteiger partial charge in [0.15, 0.2) is 6.29 Å². The van der Waals surface area contributed by atoms with E-state index in [1.54, 1.807) is 6.07 Å². The molecule has 0 radical (unpaired) electrons. The molecule has 0 aliphatic carbocycles. The third-order valence-corrected chi connectivity index (χ3v) is 3.38. The topological polar surface area (TPSA) is 73.6 Å². The lowest BCUT2D eigenvalue weighted by Gasteiger charge is -2.04. The van der Waals surface area contributed by atoms with E-state index in [0.29, 0.717) is 33.1 Å². The molecule has 0 bridgehead atoms. The van der Waals surface area contributed by atoms with E-state index in [2.05, 4.69) is 19.1 Å². The minimum atomic E-state index is 0.206. The molecule has 0 aliphatic rings. The van der Waals surface area contributed by atoms with E-state index >= 15 is 0 Å². The van der Waals surface area contributed by atoms with Crippen molar-refractivity contribution in [3.8, 4) is 5.69 Å². The highest BCUT2D eigenvalue weighted by Gasteiger charge is 2.16. The second kappa shape index (κ2) is 4.27. The number of aromatic nitrogens is 5. The first-order valence-electron chi connectivity index (χ1n) is 4.69. The summed E-state index contributed by atoms with van der Waals surface area (Å²) >= 11 is 13.2. The summed E-state index contributed by atoms with van der Waals surface area (Å²) in [6.45, 7) is 0. The standard InChI is InChI=1S/C9H3Cl2N5OS/c10-5-1-6(11)9(8-7(5)13-18-14-8)16-2-4(3-17)12-15-16/h1-3H. The predicted molar refractivity (Wildman–Crippen MR) is 67.7 cm³/mol. The second-order valence-electron chi connectivity index (χ2n) is 3.36. The van der Waals surface area contributed by atoms with Crippen LogP contribution in [0, 0.1) is 0 Å². The molecule has 0 fully saturated rings. The summed E-state index contributed by atoms with van der Waals surface area (Å²) in [7, 11) is 0. The number of benzene rings is 1. The fourth-order valence-electron chi connectivity index (χ4n) is 1.52. The number of hydrogen-bond acceptors (Lipinski definition) is 6. The Hall–Kier alpha value is -1.57. The largest absolute Gasteiger partial charge is 0.296 e. The Morgan fingerprint density at radius 3 is 2.72 bits per heavy atom. The molecule has 0 N–H and O–H groups in total. The Bertz CT molecular complexity index is 753. The lowest BCUT2D eigenvalue weighted by Crippen LogP contribution is -1.98. The summed E-state index contributed by atoms with van der Waals surface area (Å²) < 4.78 is 9.60. The van der Waals surface area contributed by atoms with Gasteiger partial charge in [-0.2, -0.15) is 8.75 Å². The summed E-state index contributed by atoms with van der Waals surface area (Å²) in [5, 5.41) is 8.28. The van der Waals surface area contributed by atoms with Crippen molar-refractivity contribution in [3.05, 3.63) is 28.0 Å². The van der Waals surface area contributed by atoms with Gasteiger partial charge in [0.1, 0.15) is 22.4 Å². The van der Waals surface area contributed by atoms with Crippen molar-refractivity contribution < 1.29 is 4.79 Å². The fraction of sp³-hybridized carbons (Fsp3) is 0. The zero-order valence-electron chi connectivity index (χ0n) is 8.54. The van der Waals surface area contributed by atoms with Crippen LogP contribution in [0.15, 0.2) is 12.3 Å². The van der Waals surface area contributed by atoms with E-state index in [-0.39, 0.29) is 5.69 Å². The highest BCUT2D eigenvalue weighted by atomic mass is 35.5. The van der Waals surface area contributed by atoms with Crippen molar-refractivity contribution in [1.29, 1.82) is 0 Å². The minimum Gasteiger partial charge on any atom is -0.296 e. The summed E-state index contributed by atoms with van der Waals surface area (Å²) in [5.41, 5.74) is 1.78. The van der Waals surface area contributed by atoms with Crippen LogP contribution in [0.25, 0.3) is 16.7 Å². The molecule has 1 aromatic carbocycles. The lowest BCUT2D eigenvalue weighted by atomic mass is 10.2. The van der Waals surface area contributed by atoms with Crippen LogP contribution in [-0.4, -0.2) is 30.0 Å². The molecule has 2 aromatic heterocycles. The Morgan fingerprint density at radius 1 is 1.22 bits per heavy atom. The third-order valence-electron chi connectivity index (χ3n) is 2.28. The van der Waals surface area contributed by atoms with Gasteiger partial charge in [-0.25, -0.2) is 4.68 Å². The molecule has 0 unspecified atom stereocenters.